The maximum absolute atomic E-state index is 11.9. The Balaban J connectivity index is 1.51. The molecular formula is C16H23N3O. The lowest BCUT2D eigenvalue weighted by molar-refractivity contribution is -0.125. The van der Waals surface area contributed by atoms with Gasteiger partial charge >= 0.3 is 0 Å². The topological polar surface area (TPSA) is 54.0 Å². The van der Waals surface area contributed by atoms with E-state index in [0.717, 1.165) is 45.3 Å². The third kappa shape index (κ3) is 5.13. The van der Waals surface area contributed by atoms with Crippen LogP contribution >= 0.6 is 0 Å². The van der Waals surface area contributed by atoms with E-state index in [1.165, 1.54) is 5.56 Å². The molecule has 1 atom stereocenters. The van der Waals surface area contributed by atoms with Crippen molar-refractivity contribution in [3.8, 4) is 0 Å². The van der Waals surface area contributed by atoms with Crippen LogP contribution in [0.15, 0.2) is 36.7 Å². The summed E-state index contributed by atoms with van der Waals surface area (Å²) in [5, 5.41) is 6.38. The lowest BCUT2D eigenvalue weighted by atomic mass is 9.94. The Labute approximate surface area is 120 Å². The Bertz CT molecular complexity index is 431. The molecule has 0 spiro atoms. The van der Waals surface area contributed by atoms with Gasteiger partial charge in [0.15, 0.2) is 0 Å². The molecule has 1 aliphatic carbocycles. The summed E-state index contributed by atoms with van der Waals surface area (Å²) in [6.45, 7) is 2.48. The Morgan fingerprint density at radius 3 is 3.05 bits per heavy atom. The van der Waals surface area contributed by atoms with Gasteiger partial charge in [0, 0.05) is 31.4 Å². The number of pyridine rings is 1. The van der Waals surface area contributed by atoms with E-state index in [0.29, 0.717) is 0 Å². The van der Waals surface area contributed by atoms with Gasteiger partial charge in [0.25, 0.3) is 0 Å². The van der Waals surface area contributed by atoms with Gasteiger partial charge in [-0.1, -0.05) is 18.2 Å². The van der Waals surface area contributed by atoms with E-state index in [1.54, 1.807) is 6.20 Å². The van der Waals surface area contributed by atoms with Crippen LogP contribution in [0.25, 0.3) is 0 Å². The summed E-state index contributed by atoms with van der Waals surface area (Å²) in [5.74, 6) is 0.393. The average molecular weight is 273 g/mol. The molecule has 1 amide bonds. The predicted octanol–water partition coefficient (Wildman–Crippen LogP) is 2.03. The van der Waals surface area contributed by atoms with Crippen molar-refractivity contribution in [1.29, 1.82) is 0 Å². The first kappa shape index (κ1) is 14.7. The van der Waals surface area contributed by atoms with E-state index in [4.69, 9.17) is 0 Å². The molecule has 1 unspecified atom stereocenters. The minimum Gasteiger partial charge on any atom is -0.356 e. The van der Waals surface area contributed by atoms with Crippen molar-refractivity contribution in [3.05, 3.63) is 42.2 Å². The van der Waals surface area contributed by atoms with Gasteiger partial charge in [-0.15, -0.1) is 0 Å². The van der Waals surface area contributed by atoms with Gasteiger partial charge in [-0.3, -0.25) is 9.78 Å². The van der Waals surface area contributed by atoms with Crippen LogP contribution in [-0.4, -0.2) is 24.0 Å². The van der Waals surface area contributed by atoms with Gasteiger partial charge in [0.1, 0.15) is 0 Å². The molecule has 108 valence electrons. The standard InChI is InChI=1S/C16H23N3O/c20-16(15-7-2-1-3-8-15)19-11-5-10-18-13-14-6-4-9-17-12-14/h1-2,4,6,9,12,15,18H,3,5,7-8,10-11,13H2,(H,19,20). The zero-order valence-corrected chi connectivity index (χ0v) is 11.8. The lowest BCUT2D eigenvalue weighted by Crippen LogP contribution is -2.33. The van der Waals surface area contributed by atoms with Gasteiger partial charge < -0.3 is 10.6 Å². The highest BCUT2D eigenvalue weighted by Crippen LogP contribution is 2.17. The zero-order valence-electron chi connectivity index (χ0n) is 11.8. The first-order valence-electron chi connectivity index (χ1n) is 7.38. The Kier molecular flexibility index (Phi) is 6.24. The third-order valence-electron chi connectivity index (χ3n) is 3.52. The maximum atomic E-state index is 11.9. The number of carbonyl (C=O) groups is 1. The molecule has 1 aromatic heterocycles. The number of nitrogens with one attached hydrogen (secondary N) is 2. The zero-order chi connectivity index (χ0) is 14.0. The molecule has 4 heteroatoms. The summed E-state index contributed by atoms with van der Waals surface area (Å²) in [6.07, 6.45) is 11.8. The van der Waals surface area contributed by atoms with Gasteiger partial charge in [0.2, 0.25) is 5.91 Å². The summed E-state index contributed by atoms with van der Waals surface area (Å²) < 4.78 is 0. The Morgan fingerprint density at radius 1 is 1.35 bits per heavy atom. The first-order chi connectivity index (χ1) is 9.86. The van der Waals surface area contributed by atoms with E-state index < -0.39 is 0 Å². The number of aromatic nitrogens is 1. The fourth-order valence-corrected chi connectivity index (χ4v) is 2.34. The largest absolute Gasteiger partial charge is 0.356 e. The molecule has 0 aromatic carbocycles. The number of rotatable bonds is 7. The molecule has 0 fully saturated rings. The van der Waals surface area contributed by atoms with Crippen molar-refractivity contribution < 1.29 is 4.79 Å². The van der Waals surface area contributed by atoms with Crippen LogP contribution < -0.4 is 10.6 Å². The minimum absolute atomic E-state index is 0.184. The Morgan fingerprint density at radius 2 is 2.30 bits per heavy atom. The second-order valence-corrected chi connectivity index (χ2v) is 5.16. The van der Waals surface area contributed by atoms with Crippen molar-refractivity contribution in [2.45, 2.75) is 32.2 Å². The normalized spacial score (nSPS) is 17.9. The molecule has 1 aromatic rings. The number of hydrogen-bond donors (Lipinski definition) is 2. The molecule has 1 heterocycles. The molecule has 0 bridgehead atoms. The smallest absolute Gasteiger partial charge is 0.223 e. The second-order valence-electron chi connectivity index (χ2n) is 5.16. The second kappa shape index (κ2) is 8.48. The minimum atomic E-state index is 0.184. The number of carbonyl (C=O) groups excluding carboxylic acids is 1. The Hall–Kier alpha value is -1.68. The van der Waals surface area contributed by atoms with Crippen molar-refractivity contribution in [1.82, 2.24) is 15.6 Å². The molecule has 0 saturated heterocycles. The molecule has 0 saturated carbocycles. The predicted molar refractivity (Wildman–Crippen MR) is 80.1 cm³/mol. The molecule has 2 rings (SSSR count). The number of amides is 1. The van der Waals surface area contributed by atoms with Gasteiger partial charge in [-0.2, -0.15) is 0 Å². The maximum Gasteiger partial charge on any atom is 0.223 e. The van der Waals surface area contributed by atoms with E-state index in [2.05, 4.69) is 33.8 Å². The molecule has 4 nitrogen and oxygen atoms in total. The van der Waals surface area contributed by atoms with Crippen LogP contribution in [0.3, 0.4) is 0 Å². The molecule has 0 radical (unpaired) electrons. The monoisotopic (exact) mass is 273 g/mol. The van der Waals surface area contributed by atoms with E-state index >= 15 is 0 Å². The van der Waals surface area contributed by atoms with Crippen LogP contribution in [0.4, 0.5) is 0 Å². The van der Waals surface area contributed by atoms with Gasteiger partial charge in [-0.25, -0.2) is 0 Å². The lowest BCUT2D eigenvalue weighted by Gasteiger charge is -2.17. The van der Waals surface area contributed by atoms with Crippen LogP contribution in [0.2, 0.25) is 0 Å². The fourth-order valence-electron chi connectivity index (χ4n) is 2.34. The molecule has 20 heavy (non-hydrogen) atoms. The van der Waals surface area contributed by atoms with Crippen molar-refractivity contribution in [2.24, 2.45) is 5.92 Å². The van der Waals surface area contributed by atoms with E-state index in [9.17, 15) is 4.79 Å². The van der Waals surface area contributed by atoms with Crippen molar-refractivity contribution in [3.63, 3.8) is 0 Å². The molecular weight excluding hydrogens is 250 g/mol. The SMILES string of the molecule is O=C(NCCCNCc1cccnc1)C1CC=CCC1. The highest BCUT2D eigenvalue weighted by atomic mass is 16.1. The molecule has 1 aliphatic rings. The summed E-state index contributed by atoms with van der Waals surface area (Å²) >= 11 is 0. The average Bonchev–Trinajstić information content (AvgIpc) is 2.52. The van der Waals surface area contributed by atoms with Crippen LogP contribution in [0, 0.1) is 5.92 Å². The van der Waals surface area contributed by atoms with Crippen LogP contribution in [0.5, 0.6) is 0 Å². The molecule has 2 N–H and O–H groups in total. The first-order valence-corrected chi connectivity index (χ1v) is 7.38. The van der Waals surface area contributed by atoms with Crippen molar-refractivity contribution >= 4 is 5.91 Å². The van der Waals surface area contributed by atoms with E-state index in [-0.39, 0.29) is 11.8 Å². The number of allylic oxidation sites excluding steroid dienone is 2. The summed E-state index contributed by atoms with van der Waals surface area (Å²) in [7, 11) is 0. The quantitative estimate of drug-likeness (QED) is 0.590. The van der Waals surface area contributed by atoms with E-state index in [1.807, 2.05) is 12.3 Å². The summed E-state index contributed by atoms with van der Waals surface area (Å²) in [5.41, 5.74) is 1.19. The van der Waals surface area contributed by atoms with Gasteiger partial charge in [-0.05, 0) is 43.9 Å². The van der Waals surface area contributed by atoms with Crippen LogP contribution in [-0.2, 0) is 11.3 Å². The number of hydrogen-bond acceptors (Lipinski definition) is 3. The summed E-state index contributed by atoms with van der Waals surface area (Å²) in [4.78, 5) is 16.0. The fraction of sp³-hybridized carbons (Fsp3) is 0.500. The highest BCUT2D eigenvalue weighted by molar-refractivity contribution is 5.78. The summed E-state index contributed by atoms with van der Waals surface area (Å²) in [6, 6.07) is 3.99. The van der Waals surface area contributed by atoms with Gasteiger partial charge in [0.05, 0.1) is 0 Å². The van der Waals surface area contributed by atoms with Crippen LogP contribution in [0.1, 0.15) is 31.2 Å². The third-order valence-corrected chi connectivity index (χ3v) is 3.52. The van der Waals surface area contributed by atoms with Crippen molar-refractivity contribution in [2.75, 3.05) is 13.1 Å². The molecule has 0 aliphatic heterocycles. The highest BCUT2D eigenvalue weighted by Gasteiger charge is 2.17. The number of nitrogens with zero attached hydrogens (tertiary/aromatic N) is 1.